The van der Waals surface area contributed by atoms with E-state index >= 15 is 0 Å². The van der Waals surface area contributed by atoms with E-state index in [1.807, 2.05) is 20.8 Å². The summed E-state index contributed by atoms with van der Waals surface area (Å²) in [6.07, 6.45) is 0. The van der Waals surface area contributed by atoms with Gasteiger partial charge in [0.15, 0.2) is 0 Å². The molecule has 0 bridgehead atoms. The van der Waals surface area contributed by atoms with Gasteiger partial charge in [-0.3, -0.25) is 4.21 Å². The molecule has 124 valence electrons. The number of hydrogen-bond donors (Lipinski definition) is 2. The fraction of sp³-hybridized carbons (Fsp3) is 0.533. The van der Waals surface area contributed by atoms with Crippen molar-refractivity contribution in [2.24, 2.45) is 0 Å². The number of amides is 2. The molecule has 0 fully saturated rings. The molecule has 0 aliphatic rings. The lowest BCUT2D eigenvalue weighted by Gasteiger charge is -2.18. The second-order valence-electron chi connectivity index (χ2n) is 5.96. The van der Waals surface area contributed by atoms with Crippen LogP contribution in [-0.4, -0.2) is 27.3 Å². The minimum absolute atomic E-state index is 0.0205. The number of hydrogen-bond acceptors (Lipinski definition) is 2. The third-order valence-corrected chi connectivity index (χ3v) is 5.28. The molecule has 2 unspecified atom stereocenters. The van der Waals surface area contributed by atoms with Crippen molar-refractivity contribution in [2.75, 3.05) is 12.3 Å². The van der Waals surface area contributed by atoms with Gasteiger partial charge in [0, 0.05) is 27.8 Å². The van der Waals surface area contributed by atoms with Gasteiger partial charge in [-0.25, -0.2) is 9.18 Å². The first kappa shape index (κ1) is 18.9. The summed E-state index contributed by atoms with van der Waals surface area (Å²) in [6, 6.07) is 3.64. The maximum Gasteiger partial charge on any atom is 0.315 e. The first-order valence-electron chi connectivity index (χ1n) is 6.99. The van der Waals surface area contributed by atoms with Crippen LogP contribution in [0.3, 0.4) is 0 Å². The van der Waals surface area contributed by atoms with Crippen molar-refractivity contribution in [3.05, 3.63) is 34.6 Å². The monoisotopic (exact) mass is 348 g/mol. The predicted octanol–water partition coefficient (Wildman–Crippen LogP) is 3.39. The lowest BCUT2D eigenvalue weighted by molar-refractivity contribution is 0.238. The molecule has 2 atom stereocenters. The number of halogens is 2. The van der Waals surface area contributed by atoms with Crippen molar-refractivity contribution in [3.63, 3.8) is 0 Å². The van der Waals surface area contributed by atoms with E-state index in [1.54, 1.807) is 13.0 Å². The van der Waals surface area contributed by atoms with Crippen LogP contribution in [0.5, 0.6) is 0 Å². The Morgan fingerprint density at radius 2 is 2.05 bits per heavy atom. The smallest absolute Gasteiger partial charge is 0.315 e. The van der Waals surface area contributed by atoms with Gasteiger partial charge < -0.3 is 10.6 Å². The molecule has 0 saturated carbocycles. The van der Waals surface area contributed by atoms with E-state index in [2.05, 4.69) is 10.6 Å². The van der Waals surface area contributed by atoms with Crippen LogP contribution in [0.25, 0.3) is 0 Å². The van der Waals surface area contributed by atoms with Crippen LogP contribution >= 0.6 is 11.6 Å². The van der Waals surface area contributed by atoms with Crippen molar-refractivity contribution in [1.29, 1.82) is 0 Å². The first-order chi connectivity index (χ1) is 10.1. The summed E-state index contributed by atoms with van der Waals surface area (Å²) in [5, 5.41) is 5.41. The van der Waals surface area contributed by atoms with E-state index in [9.17, 15) is 13.4 Å². The molecule has 7 heteroatoms. The highest BCUT2D eigenvalue weighted by Crippen LogP contribution is 2.20. The number of carbonyl (C=O) groups is 1. The highest BCUT2D eigenvalue weighted by molar-refractivity contribution is 7.86. The standard InChI is InChI=1S/C15H22ClFN2O2S/c1-10(11-5-6-13(17)12(16)9-11)19-14(20)18-7-8-22(21)15(2,3)4/h5-6,9-10H,7-8H2,1-4H3,(H2,18,19,20). The molecule has 0 aliphatic carbocycles. The summed E-state index contributed by atoms with van der Waals surface area (Å²) >= 11 is 5.72. The van der Waals surface area contributed by atoms with Crippen LogP contribution in [0.4, 0.5) is 9.18 Å². The molecule has 0 aliphatic heterocycles. The average Bonchev–Trinajstić information content (AvgIpc) is 2.40. The highest BCUT2D eigenvalue weighted by Gasteiger charge is 2.19. The van der Waals surface area contributed by atoms with Gasteiger partial charge in [-0.05, 0) is 45.4 Å². The first-order valence-corrected chi connectivity index (χ1v) is 8.68. The summed E-state index contributed by atoms with van der Waals surface area (Å²) in [4.78, 5) is 11.8. The van der Waals surface area contributed by atoms with Crippen LogP contribution in [-0.2, 0) is 10.8 Å². The third-order valence-electron chi connectivity index (χ3n) is 3.05. The number of rotatable bonds is 5. The van der Waals surface area contributed by atoms with E-state index in [1.165, 1.54) is 12.1 Å². The van der Waals surface area contributed by atoms with Gasteiger partial charge in [-0.15, -0.1) is 0 Å². The minimum atomic E-state index is -1.01. The SMILES string of the molecule is CC(NC(=O)NCCS(=O)C(C)(C)C)c1ccc(F)c(Cl)c1. The predicted molar refractivity (Wildman–Crippen MR) is 89.1 cm³/mol. The Kier molecular flexibility index (Phi) is 6.81. The van der Waals surface area contributed by atoms with Crippen LogP contribution in [0, 0.1) is 5.82 Å². The molecule has 4 nitrogen and oxygen atoms in total. The number of carbonyl (C=O) groups excluding carboxylic acids is 1. The Morgan fingerprint density at radius 3 is 2.59 bits per heavy atom. The van der Waals surface area contributed by atoms with E-state index < -0.39 is 16.6 Å². The zero-order valence-electron chi connectivity index (χ0n) is 13.2. The van der Waals surface area contributed by atoms with Crippen molar-refractivity contribution in [1.82, 2.24) is 10.6 Å². The van der Waals surface area contributed by atoms with Crippen LogP contribution < -0.4 is 10.6 Å². The van der Waals surface area contributed by atoms with E-state index in [0.717, 1.165) is 0 Å². The van der Waals surface area contributed by atoms with Crippen LogP contribution in [0.1, 0.15) is 39.3 Å². The summed E-state index contributed by atoms with van der Waals surface area (Å²) in [5.41, 5.74) is 0.708. The summed E-state index contributed by atoms with van der Waals surface area (Å²) in [5.74, 6) is -0.0973. The lowest BCUT2D eigenvalue weighted by atomic mass is 10.1. The molecule has 1 aromatic rings. The lowest BCUT2D eigenvalue weighted by Crippen LogP contribution is -2.40. The normalized spacial score (nSPS) is 14.3. The largest absolute Gasteiger partial charge is 0.337 e. The Morgan fingerprint density at radius 1 is 1.41 bits per heavy atom. The van der Waals surface area contributed by atoms with Gasteiger partial charge in [-0.2, -0.15) is 0 Å². The van der Waals surface area contributed by atoms with E-state index in [0.29, 0.717) is 17.9 Å². The second kappa shape index (κ2) is 7.92. The maximum atomic E-state index is 13.1. The minimum Gasteiger partial charge on any atom is -0.337 e. The Labute approximate surface area is 138 Å². The molecule has 0 heterocycles. The molecule has 0 radical (unpaired) electrons. The number of benzene rings is 1. The quantitative estimate of drug-likeness (QED) is 0.857. The zero-order chi connectivity index (χ0) is 16.9. The Hall–Kier alpha value is -1.14. The van der Waals surface area contributed by atoms with Gasteiger partial charge in [-0.1, -0.05) is 17.7 Å². The molecule has 0 spiro atoms. The van der Waals surface area contributed by atoms with Crippen LogP contribution in [0.15, 0.2) is 18.2 Å². The fourth-order valence-corrected chi connectivity index (χ4v) is 2.76. The summed E-state index contributed by atoms with van der Waals surface area (Å²) in [7, 11) is -1.01. The van der Waals surface area contributed by atoms with Gasteiger partial charge in [0.2, 0.25) is 0 Å². The van der Waals surface area contributed by atoms with Crippen molar-refractivity contribution in [2.45, 2.75) is 38.5 Å². The molecule has 2 N–H and O–H groups in total. The maximum absolute atomic E-state index is 13.1. The molecular formula is C15H22ClFN2O2S. The summed E-state index contributed by atoms with van der Waals surface area (Å²) < 4.78 is 24.7. The second-order valence-corrected chi connectivity index (χ2v) is 8.69. The van der Waals surface area contributed by atoms with Crippen LogP contribution in [0.2, 0.25) is 5.02 Å². The fourth-order valence-electron chi connectivity index (χ4n) is 1.68. The molecule has 22 heavy (non-hydrogen) atoms. The van der Waals surface area contributed by atoms with Gasteiger partial charge in [0.1, 0.15) is 5.82 Å². The highest BCUT2D eigenvalue weighted by atomic mass is 35.5. The topological polar surface area (TPSA) is 58.2 Å². The molecule has 1 rings (SSSR count). The van der Waals surface area contributed by atoms with Crippen molar-refractivity contribution < 1.29 is 13.4 Å². The number of urea groups is 1. The average molecular weight is 349 g/mol. The number of nitrogens with one attached hydrogen (secondary N) is 2. The third kappa shape index (κ3) is 5.93. The van der Waals surface area contributed by atoms with Gasteiger partial charge in [0.25, 0.3) is 0 Å². The van der Waals surface area contributed by atoms with E-state index in [-0.39, 0.29) is 21.8 Å². The molecule has 1 aromatic carbocycles. The Balaban J connectivity index is 2.44. The zero-order valence-corrected chi connectivity index (χ0v) is 14.8. The van der Waals surface area contributed by atoms with Crippen molar-refractivity contribution >= 4 is 28.4 Å². The van der Waals surface area contributed by atoms with Crippen molar-refractivity contribution in [3.8, 4) is 0 Å². The molecular weight excluding hydrogens is 327 g/mol. The molecule has 2 amide bonds. The van der Waals surface area contributed by atoms with E-state index in [4.69, 9.17) is 11.6 Å². The van der Waals surface area contributed by atoms with Gasteiger partial charge >= 0.3 is 6.03 Å². The summed E-state index contributed by atoms with van der Waals surface area (Å²) in [6.45, 7) is 7.78. The molecule has 0 aromatic heterocycles. The van der Waals surface area contributed by atoms with Gasteiger partial charge in [0.05, 0.1) is 11.1 Å². The molecule has 0 saturated heterocycles. The Bertz CT molecular complexity index is 561.